The molecule has 2 atom stereocenters. The van der Waals surface area contributed by atoms with Crippen LogP contribution in [-0.4, -0.2) is 23.9 Å². The molecule has 3 nitrogen and oxygen atoms in total. The van der Waals surface area contributed by atoms with Gasteiger partial charge in [-0.2, -0.15) is 0 Å². The largest absolute Gasteiger partial charge is 0.462 e. The van der Waals surface area contributed by atoms with Crippen molar-refractivity contribution < 1.29 is 9.21 Å². The van der Waals surface area contributed by atoms with Crippen molar-refractivity contribution in [2.45, 2.75) is 27.2 Å². The smallest absolute Gasteiger partial charge is 0.246 e. The number of amides is 1. The van der Waals surface area contributed by atoms with Crippen LogP contribution in [0.5, 0.6) is 0 Å². The van der Waals surface area contributed by atoms with Gasteiger partial charge in [-0.05, 0) is 43.4 Å². The lowest BCUT2D eigenvalue weighted by molar-refractivity contribution is -0.128. The Morgan fingerprint density at radius 3 is 2.56 bits per heavy atom. The van der Waals surface area contributed by atoms with Crippen molar-refractivity contribution in [3.05, 3.63) is 29.7 Å². The molecule has 1 aliphatic heterocycles. The van der Waals surface area contributed by atoms with E-state index in [4.69, 9.17) is 4.42 Å². The highest BCUT2D eigenvalue weighted by atomic mass is 16.3. The Bertz CT molecular complexity index is 437. The number of likely N-dealkylation sites (tertiary alicyclic amines) is 1. The molecule has 1 saturated heterocycles. The first-order valence-corrected chi connectivity index (χ1v) is 6.58. The van der Waals surface area contributed by atoms with E-state index in [2.05, 4.69) is 13.8 Å². The van der Waals surface area contributed by atoms with Crippen molar-refractivity contribution in [3.63, 3.8) is 0 Å². The van der Waals surface area contributed by atoms with Crippen LogP contribution in [0.2, 0.25) is 0 Å². The van der Waals surface area contributed by atoms with Crippen LogP contribution in [0, 0.1) is 18.8 Å². The second-order valence-corrected chi connectivity index (χ2v) is 5.47. The number of rotatable bonds is 2. The Morgan fingerprint density at radius 2 is 2.00 bits per heavy atom. The van der Waals surface area contributed by atoms with Gasteiger partial charge in [-0.15, -0.1) is 0 Å². The Hall–Kier alpha value is -1.51. The predicted octanol–water partition coefficient (Wildman–Crippen LogP) is 3.11. The van der Waals surface area contributed by atoms with Gasteiger partial charge in [-0.1, -0.05) is 13.8 Å². The molecule has 1 amide bonds. The molecule has 1 aliphatic rings. The minimum absolute atomic E-state index is 0.0856. The lowest BCUT2D eigenvalue weighted by atomic mass is 9.92. The number of piperidine rings is 1. The Labute approximate surface area is 108 Å². The molecular weight excluding hydrogens is 226 g/mol. The highest BCUT2D eigenvalue weighted by molar-refractivity contribution is 5.91. The maximum Gasteiger partial charge on any atom is 0.246 e. The van der Waals surface area contributed by atoms with Gasteiger partial charge in [0.2, 0.25) is 5.91 Å². The van der Waals surface area contributed by atoms with Gasteiger partial charge in [-0.25, -0.2) is 0 Å². The summed E-state index contributed by atoms with van der Waals surface area (Å²) in [5.74, 6) is 2.87. The molecular formula is C15H21NO2. The van der Waals surface area contributed by atoms with E-state index >= 15 is 0 Å². The van der Waals surface area contributed by atoms with Gasteiger partial charge in [0.25, 0.3) is 0 Å². The molecule has 0 radical (unpaired) electrons. The number of furan rings is 1. The number of hydrogen-bond donors (Lipinski definition) is 0. The summed E-state index contributed by atoms with van der Waals surface area (Å²) in [6.07, 6.45) is 4.58. The Morgan fingerprint density at radius 1 is 1.33 bits per heavy atom. The molecule has 0 N–H and O–H groups in total. The fraction of sp³-hybridized carbons (Fsp3) is 0.533. The van der Waals surface area contributed by atoms with Crippen molar-refractivity contribution in [1.82, 2.24) is 4.90 Å². The van der Waals surface area contributed by atoms with Gasteiger partial charge in [-0.3, -0.25) is 4.79 Å². The molecule has 0 unspecified atom stereocenters. The topological polar surface area (TPSA) is 33.5 Å². The maximum absolute atomic E-state index is 12.1. The van der Waals surface area contributed by atoms with Gasteiger partial charge >= 0.3 is 0 Å². The summed E-state index contributed by atoms with van der Waals surface area (Å²) in [5.41, 5.74) is 0. The van der Waals surface area contributed by atoms with Crippen LogP contribution in [-0.2, 0) is 4.79 Å². The third kappa shape index (κ3) is 3.25. The third-order valence-electron chi connectivity index (χ3n) is 3.33. The zero-order valence-corrected chi connectivity index (χ0v) is 11.3. The van der Waals surface area contributed by atoms with E-state index in [1.54, 1.807) is 12.2 Å². The van der Waals surface area contributed by atoms with Crippen molar-refractivity contribution in [2.24, 2.45) is 11.8 Å². The zero-order valence-electron chi connectivity index (χ0n) is 11.3. The van der Waals surface area contributed by atoms with E-state index in [9.17, 15) is 4.79 Å². The summed E-state index contributed by atoms with van der Waals surface area (Å²) in [6, 6.07) is 3.77. The van der Waals surface area contributed by atoms with Gasteiger partial charge in [0.1, 0.15) is 11.5 Å². The van der Waals surface area contributed by atoms with E-state index in [0.717, 1.165) is 24.6 Å². The zero-order chi connectivity index (χ0) is 13.1. The monoisotopic (exact) mass is 247 g/mol. The van der Waals surface area contributed by atoms with Crippen LogP contribution in [0.3, 0.4) is 0 Å². The molecule has 1 aromatic rings. The maximum atomic E-state index is 12.1. The van der Waals surface area contributed by atoms with Crippen molar-refractivity contribution >= 4 is 12.0 Å². The van der Waals surface area contributed by atoms with Gasteiger partial charge in [0.05, 0.1) is 0 Å². The molecule has 0 spiro atoms. The van der Waals surface area contributed by atoms with Crippen LogP contribution in [0.25, 0.3) is 6.08 Å². The summed E-state index contributed by atoms with van der Waals surface area (Å²) in [7, 11) is 0. The van der Waals surface area contributed by atoms with E-state index in [1.807, 2.05) is 24.0 Å². The third-order valence-corrected chi connectivity index (χ3v) is 3.33. The molecule has 0 bridgehead atoms. The summed E-state index contributed by atoms with van der Waals surface area (Å²) >= 11 is 0. The van der Waals surface area contributed by atoms with E-state index in [1.165, 1.54) is 6.42 Å². The van der Waals surface area contributed by atoms with Crippen LogP contribution >= 0.6 is 0 Å². The molecule has 0 aromatic carbocycles. The van der Waals surface area contributed by atoms with Crippen molar-refractivity contribution in [1.29, 1.82) is 0 Å². The van der Waals surface area contributed by atoms with Crippen molar-refractivity contribution in [2.75, 3.05) is 13.1 Å². The lowest BCUT2D eigenvalue weighted by Gasteiger charge is -2.34. The molecule has 2 heterocycles. The minimum atomic E-state index is 0.0856. The van der Waals surface area contributed by atoms with Crippen LogP contribution in [0.15, 0.2) is 22.6 Å². The summed E-state index contributed by atoms with van der Waals surface area (Å²) in [5, 5.41) is 0. The first-order chi connectivity index (χ1) is 8.54. The number of hydrogen-bond acceptors (Lipinski definition) is 2. The number of aryl methyl sites for hydroxylation is 1. The first kappa shape index (κ1) is 12.9. The van der Waals surface area contributed by atoms with Crippen LogP contribution in [0.1, 0.15) is 31.8 Å². The SMILES string of the molecule is Cc1ccc(/C=C\C(=O)N2C[C@H](C)C[C@@H](C)C2)o1. The molecule has 0 aliphatic carbocycles. The Kier molecular flexibility index (Phi) is 3.90. The normalized spacial score (nSPS) is 24.7. The van der Waals surface area contributed by atoms with Crippen molar-refractivity contribution in [3.8, 4) is 0 Å². The van der Waals surface area contributed by atoms with Gasteiger partial charge in [0.15, 0.2) is 0 Å². The second kappa shape index (κ2) is 5.42. The number of carbonyl (C=O) groups is 1. The highest BCUT2D eigenvalue weighted by Crippen LogP contribution is 2.21. The molecule has 18 heavy (non-hydrogen) atoms. The molecule has 1 aromatic heterocycles. The highest BCUT2D eigenvalue weighted by Gasteiger charge is 2.23. The Balaban J connectivity index is 1.97. The van der Waals surface area contributed by atoms with Crippen LogP contribution < -0.4 is 0 Å². The van der Waals surface area contributed by atoms with Gasteiger partial charge in [0, 0.05) is 19.2 Å². The van der Waals surface area contributed by atoms with E-state index in [0.29, 0.717) is 11.8 Å². The lowest BCUT2D eigenvalue weighted by Crippen LogP contribution is -2.41. The molecule has 3 heteroatoms. The fourth-order valence-electron chi connectivity index (χ4n) is 2.64. The standard InChI is InChI=1S/C15H21NO2/c1-11-8-12(2)10-16(9-11)15(17)7-6-14-5-4-13(3)18-14/h4-7,11-12H,8-10H2,1-3H3/b7-6-/t11-,12-/m1/s1. The minimum Gasteiger partial charge on any atom is -0.462 e. The number of carbonyl (C=O) groups excluding carboxylic acids is 1. The summed E-state index contributed by atoms with van der Waals surface area (Å²) in [4.78, 5) is 14.0. The molecule has 1 fully saturated rings. The molecule has 0 saturated carbocycles. The molecule has 2 rings (SSSR count). The second-order valence-electron chi connectivity index (χ2n) is 5.47. The summed E-state index contributed by atoms with van der Waals surface area (Å²) in [6.45, 7) is 8.04. The quantitative estimate of drug-likeness (QED) is 0.752. The first-order valence-electron chi connectivity index (χ1n) is 6.58. The van der Waals surface area contributed by atoms with E-state index in [-0.39, 0.29) is 5.91 Å². The van der Waals surface area contributed by atoms with E-state index < -0.39 is 0 Å². The average molecular weight is 247 g/mol. The predicted molar refractivity (Wildman–Crippen MR) is 72.0 cm³/mol. The summed E-state index contributed by atoms with van der Waals surface area (Å²) < 4.78 is 5.41. The number of nitrogens with zero attached hydrogens (tertiary/aromatic N) is 1. The molecule has 98 valence electrons. The van der Waals surface area contributed by atoms with Crippen LogP contribution in [0.4, 0.5) is 0 Å². The van der Waals surface area contributed by atoms with Gasteiger partial charge < -0.3 is 9.32 Å². The average Bonchev–Trinajstić information content (AvgIpc) is 2.70. The fourth-order valence-corrected chi connectivity index (χ4v) is 2.64.